The van der Waals surface area contributed by atoms with Crippen molar-refractivity contribution in [2.24, 2.45) is 0 Å². The molecule has 118 valence electrons. The van der Waals surface area contributed by atoms with Gasteiger partial charge in [-0.2, -0.15) is 0 Å². The molecule has 0 saturated heterocycles. The highest BCUT2D eigenvalue weighted by atomic mass is 16.5. The summed E-state index contributed by atoms with van der Waals surface area (Å²) in [6.45, 7) is 5.58. The van der Waals surface area contributed by atoms with Crippen LogP contribution in [0.5, 0.6) is 0 Å². The summed E-state index contributed by atoms with van der Waals surface area (Å²) in [5.74, 6) is 0. The lowest BCUT2D eigenvalue weighted by Gasteiger charge is -2.26. The van der Waals surface area contributed by atoms with E-state index >= 15 is 0 Å². The number of carbonyl (C=O) groups is 1. The van der Waals surface area contributed by atoms with Gasteiger partial charge in [0.15, 0.2) is 0 Å². The van der Waals surface area contributed by atoms with Crippen LogP contribution < -0.4 is 10.6 Å². The molecule has 1 saturated carbocycles. The van der Waals surface area contributed by atoms with Gasteiger partial charge in [0.25, 0.3) is 0 Å². The number of nitrogens with one attached hydrogen (secondary N) is 2. The number of carbonyl (C=O) groups excluding carboxylic acids is 1. The number of aliphatic hydroxyl groups is 1. The topological polar surface area (TPSA) is 70.6 Å². The molecular formula is C15H30N2O3. The van der Waals surface area contributed by atoms with Crippen LogP contribution in [0, 0.1) is 0 Å². The summed E-state index contributed by atoms with van der Waals surface area (Å²) in [5.41, 5.74) is -0.714. The van der Waals surface area contributed by atoms with Gasteiger partial charge in [0.2, 0.25) is 0 Å². The van der Waals surface area contributed by atoms with Gasteiger partial charge in [0.1, 0.15) is 0 Å². The molecular weight excluding hydrogens is 256 g/mol. The van der Waals surface area contributed by atoms with Gasteiger partial charge in [-0.25, -0.2) is 4.79 Å². The molecule has 1 aliphatic rings. The number of ether oxygens (including phenoxy) is 1. The summed E-state index contributed by atoms with van der Waals surface area (Å²) in [4.78, 5) is 11.6. The molecule has 0 aromatic carbocycles. The van der Waals surface area contributed by atoms with Crippen LogP contribution in [0.4, 0.5) is 4.79 Å². The highest BCUT2D eigenvalue weighted by molar-refractivity contribution is 5.73. The summed E-state index contributed by atoms with van der Waals surface area (Å²) in [6, 6.07) is -0.202. The lowest BCUT2D eigenvalue weighted by Crippen LogP contribution is -2.46. The highest BCUT2D eigenvalue weighted by Gasteiger charge is 2.28. The lowest BCUT2D eigenvalue weighted by molar-refractivity contribution is 0.0276. The van der Waals surface area contributed by atoms with E-state index in [0.717, 1.165) is 32.1 Å². The zero-order chi connectivity index (χ0) is 14.8. The second-order valence-electron chi connectivity index (χ2n) is 6.02. The van der Waals surface area contributed by atoms with Gasteiger partial charge in [0, 0.05) is 19.7 Å². The Balaban J connectivity index is 2.09. The van der Waals surface area contributed by atoms with Crippen molar-refractivity contribution in [3.05, 3.63) is 0 Å². The van der Waals surface area contributed by atoms with E-state index in [0.29, 0.717) is 19.7 Å². The predicted octanol–water partition coefficient (Wildman–Crippen LogP) is 2.19. The Labute approximate surface area is 122 Å². The molecule has 1 fully saturated rings. The third kappa shape index (κ3) is 7.70. The molecule has 0 unspecified atom stereocenters. The van der Waals surface area contributed by atoms with E-state index in [1.807, 2.05) is 13.8 Å². The average Bonchev–Trinajstić information content (AvgIpc) is 2.61. The maximum atomic E-state index is 11.6. The standard InChI is InChI=1S/C15H30N2O3/c1-13(2)20-11-7-10-16-14(18)17-12-15(19)8-5-3-4-6-9-15/h13,19H,3-12H2,1-2H3,(H2,16,17,18). The van der Waals surface area contributed by atoms with E-state index in [1.165, 1.54) is 12.8 Å². The molecule has 0 bridgehead atoms. The van der Waals surface area contributed by atoms with E-state index < -0.39 is 5.60 Å². The van der Waals surface area contributed by atoms with Gasteiger partial charge in [-0.3, -0.25) is 0 Å². The molecule has 0 spiro atoms. The molecule has 5 heteroatoms. The molecule has 0 aromatic heterocycles. The Kier molecular flexibility index (Phi) is 7.92. The summed E-state index contributed by atoms with van der Waals surface area (Å²) in [5, 5.41) is 16.0. The highest BCUT2D eigenvalue weighted by Crippen LogP contribution is 2.26. The largest absolute Gasteiger partial charge is 0.388 e. The van der Waals surface area contributed by atoms with Crippen molar-refractivity contribution < 1.29 is 14.6 Å². The molecule has 0 heterocycles. The van der Waals surface area contributed by atoms with Crippen LogP contribution in [0.1, 0.15) is 58.8 Å². The van der Waals surface area contributed by atoms with Crippen molar-refractivity contribution in [3.8, 4) is 0 Å². The molecule has 0 aromatic rings. The Morgan fingerprint density at radius 1 is 1.20 bits per heavy atom. The van der Waals surface area contributed by atoms with E-state index in [-0.39, 0.29) is 12.1 Å². The number of hydrogen-bond acceptors (Lipinski definition) is 3. The van der Waals surface area contributed by atoms with Crippen LogP contribution in [0.25, 0.3) is 0 Å². The predicted molar refractivity (Wildman–Crippen MR) is 79.8 cm³/mol. The maximum Gasteiger partial charge on any atom is 0.314 e. The van der Waals surface area contributed by atoms with E-state index in [4.69, 9.17) is 4.74 Å². The maximum absolute atomic E-state index is 11.6. The van der Waals surface area contributed by atoms with Crippen LogP contribution in [0.15, 0.2) is 0 Å². The van der Waals surface area contributed by atoms with Gasteiger partial charge in [-0.05, 0) is 33.1 Å². The van der Waals surface area contributed by atoms with Crippen LogP contribution in [0.2, 0.25) is 0 Å². The Morgan fingerprint density at radius 3 is 2.45 bits per heavy atom. The normalized spacial score (nSPS) is 18.6. The van der Waals surface area contributed by atoms with Crippen molar-refractivity contribution in [2.45, 2.75) is 70.5 Å². The van der Waals surface area contributed by atoms with Crippen LogP contribution >= 0.6 is 0 Å². The number of hydrogen-bond donors (Lipinski definition) is 3. The molecule has 0 atom stereocenters. The van der Waals surface area contributed by atoms with E-state index in [1.54, 1.807) is 0 Å². The van der Waals surface area contributed by atoms with Crippen LogP contribution in [-0.4, -0.2) is 42.5 Å². The molecule has 1 aliphatic carbocycles. The fourth-order valence-corrected chi connectivity index (χ4v) is 2.46. The van der Waals surface area contributed by atoms with Crippen LogP contribution in [0.3, 0.4) is 0 Å². The number of amides is 2. The molecule has 0 aliphatic heterocycles. The quantitative estimate of drug-likeness (QED) is 0.496. The second-order valence-corrected chi connectivity index (χ2v) is 6.02. The number of rotatable bonds is 7. The lowest BCUT2D eigenvalue weighted by atomic mass is 9.95. The third-order valence-corrected chi connectivity index (χ3v) is 3.67. The Hall–Kier alpha value is -0.810. The summed E-state index contributed by atoms with van der Waals surface area (Å²) >= 11 is 0. The van der Waals surface area contributed by atoms with E-state index in [2.05, 4.69) is 10.6 Å². The molecule has 20 heavy (non-hydrogen) atoms. The van der Waals surface area contributed by atoms with Crippen molar-refractivity contribution in [2.75, 3.05) is 19.7 Å². The monoisotopic (exact) mass is 286 g/mol. The fourth-order valence-electron chi connectivity index (χ4n) is 2.46. The summed E-state index contributed by atoms with van der Waals surface area (Å²) in [6.07, 6.45) is 7.07. The third-order valence-electron chi connectivity index (χ3n) is 3.67. The van der Waals surface area contributed by atoms with Gasteiger partial charge < -0.3 is 20.5 Å². The van der Waals surface area contributed by atoms with Crippen molar-refractivity contribution in [3.63, 3.8) is 0 Å². The first-order valence-electron chi connectivity index (χ1n) is 7.87. The first-order chi connectivity index (χ1) is 9.52. The van der Waals surface area contributed by atoms with Gasteiger partial charge >= 0.3 is 6.03 Å². The van der Waals surface area contributed by atoms with Gasteiger partial charge in [-0.1, -0.05) is 25.7 Å². The fraction of sp³-hybridized carbons (Fsp3) is 0.933. The molecule has 1 rings (SSSR count). The molecule has 5 nitrogen and oxygen atoms in total. The SMILES string of the molecule is CC(C)OCCCNC(=O)NCC1(O)CCCCCC1. The minimum Gasteiger partial charge on any atom is -0.388 e. The smallest absolute Gasteiger partial charge is 0.314 e. The number of urea groups is 1. The van der Waals surface area contributed by atoms with Crippen LogP contribution in [-0.2, 0) is 4.74 Å². The Morgan fingerprint density at radius 2 is 1.85 bits per heavy atom. The average molecular weight is 286 g/mol. The summed E-state index contributed by atoms with van der Waals surface area (Å²) < 4.78 is 5.40. The first-order valence-corrected chi connectivity index (χ1v) is 7.87. The molecule has 3 N–H and O–H groups in total. The van der Waals surface area contributed by atoms with Gasteiger partial charge in [-0.15, -0.1) is 0 Å². The Bertz CT molecular complexity index is 274. The zero-order valence-electron chi connectivity index (χ0n) is 12.9. The minimum absolute atomic E-state index is 0.202. The second kappa shape index (κ2) is 9.19. The molecule has 2 amide bonds. The zero-order valence-corrected chi connectivity index (χ0v) is 12.9. The molecule has 0 radical (unpaired) electrons. The van der Waals surface area contributed by atoms with Crippen molar-refractivity contribution in [1.29, 1.82) is 0 Å². The van der Waals surface area contributed by atoms with Crippen molar-refractivity contribution >= 4 is 6.03 Å². The first kappa shape index (κ1) is 17.2. The van der Waals surface area contributed by atoms with Gasteiger partial charge in [0.05, 0.1) is 11.7 Å². The van der Waals surface area contributed by atoms with Crippen molar-refractivity contribution in [1.82, 2.24) is 10.6 Å². The minimum atomic E-state index is -0.714. The summed E-state index contributed by atoms with van der Waals surface area (Å²) in [7, 11) is 0. The van der Waals surface area contributed by atoms with E-state index in [9.17, 15) is 9.90 Å².